The summed E-state index contributed by atoms with van der Waals surface area (Å²) in [6, 6.07) is 7.02. The fraction of sp³-hybridized carbons (Fsp3) is 0.667. The zero-order valence-electron chi connectivity index (χ0n) is 13.9. The number of hydrogen-bond donors (Lipinski definition) is 1. The summed E-state index contributed by atoms with van der Waals surface area (Å²) in [5.74, 6) is 0. The van der Waals surface area contributed by atoms with Gasteiger partial charge in [-0.05, 0) is 42.4 Å². The van der Waals surface area contributed by atoms with Crippen LogP contribution in [0.2, 0.25) is 5.02 Å². The molecule has 0 aromatic heterocycles. The van der Waals surface area contributed by atoms with Crippen molar-refractivity contribution >= 4 is 17.3 Å². The van der Waals surface area contributed by atoms with Crippen LogP contribution in [-0.2, 0) is 6.54 Å². The third-order valence-corrected chi connectivity index (χ3v) is 5.39. The molecule has 0 radical (unpaired) electrons. The molecule has 0 spiro atoms. The summed E-state index contributed by atoms with van der Waals surface area (Å²) in [7, 11) is 0. The van der Waals surface area contributed by atoms with Gasteiger partial charge in [0.25, 0.3) is 0 Å². The number of nitrogens with one attached hydrogen (secondary N) is 1. The van der Waals surface area contributed by atoms with Gasteiger partial charge in [0.1, 0.15) is 0 Å². The SMILES string of the molecule is CCC1(CC)CCN(c2ccc(CNC(C)C)c(Cl)c2)C1. The molecule has 2 rings (SSSR count). The van der Waals surface area contributed by atoms with E-state index in [1.807, 2.05) is 0 Å². The predicted octanol–water partition coefficient (Wildman–Crippen LogP) is 4.85. The van der Waals surface area contributed by atoms with Gasteiger partial charge in [0.2, 0.25) is 0 Å². The molecule has 0 bridgehead atoms. The van der Waals surface area contributed by atoms with Crippen LogP contribution in [0, 0.1) is 5.41 Å². The van der Waals surface area contributed by atoms with Crippen molar-refractivity contribution in [3.63, 3.8) is 0 Å². The molecule has 1 fully saturated rings. The molecule has 0 aliphatic carbocycles. The van der Waals surface area contributed by atoms with E-state index in [1.54, 1.807) is 0 Å². The van der Waals surface area contributed by atoms with Gasteiger partial charge in [0.15, 0.2) is 0 Å². The van der Waals surface area contributed by atoms with Gasteiger partial charge in [-0.15, -0.1) is 0 Å². The predicted molar refractivity (Wildman–Crippen MR) is 93.3 cm³/mol. The highest BCUT2D eigenvalue weighted by Gasteiger charge is 2.34. The minimum absolute atomic E-state index is 0.481. The molecule has 0 amide bonds. The molecule has 21 heavy (non-hydrogen) atoms. The van der Waals surface area contributed by atoms with Crippen molar-refractivity contribution in [3.8, 4) is 0 Å². The third-order valence-electron chi connectivity index (χ3n) is 5.04. The lowest BCUT2D eigenvalue weighted by Crippen LogP contribution is -2.26. The Morgan fingerprint density at radius 1 is 1.29 bits per heavy atom. The summed E-state index contributed by atoms with van der Waals surface area (Å²) < 4.78 is 0. The number of rotatable bonds is 6. The van der Waals surface area contributed by atoms with Crippen LogP contribution in [0.5, 0.6) is 0 Å². The second kappa shape index (κ2) is 7.02. The van der Waals surface area contributed by atoms with Crippen molar-refractivity contribution in [2.45, 2.75) is 59.5 Å². The molecule has 118 valence electrons. The lowest BCUT2D eigenvalue weighted by Gasteiger charge is -2.27. The molecule has 1 heterocycles. The van der Waals surface area contributed by atoms with Crippen LogP contribution >= 0.6 is 11.6 Å². The molecule has 3 heteroatoms. The highest BCUT2D eigenvalue weighted by molar-refractivity contribution is 6.31. The van der Waals surface area contributed by atoms with Crippen molar-refractivity contribution in [3.05, 3.63) is 28.8 Å². The standard InChI is InChI=1S/C18H29ClN2/c1-5-18(6-2)9-10-21(13-18)16-8-7-15(17(19)11-16)12-20-14(3)4/h7-8,11,14,20H,5-6,9-10,12-13H2,1-4H3. The summed E-state index contributed by atoms with van der Waals surface area (Å²) in [5, 5.41) is 4.31. The van der Waals surface area contributed by atoms with Crippen LogP contribution in [-0.4, -0.2) is 19.1 Å². The van der Waals surface area contributed by atoms with E-state index in [1.165, 1.54) is 37.1 Å². The third kappa shape index (κ3) is 3.92. The van der Waals surface area contributed by atoms with Gasteiger partial charge in [-0.1, -0.05) is 45.4 Å². The largest absolute Gasteiger partial charge is 0.371 e. The molecule has 2 nitrogen and oxygen atoms in total. The molecule has 0 atom stereocenters. The first kappa shape index (κ1) is 16.6. The van der Waals surface area contributed by atoms with E-state index in [4.69, 9.17) is 11.6 Å². The lowest BCUT2D eigenvalue weighted by molar-refractivity contribution is 0.301. The topological polar surface area (TPSA) is 15.3 Å². The molecule has 1 aromatic carbocycles. The Morgan fingerprint density at radius 2 is 2.00 bits per heavy atom. The molecule has 0 saturated carbocycles. The van der Waals surface area contributed by atoms with E-state index < -0.39 is 0 Å². The van der Waals surface area contributed by atoms with Crippen LogP contribution in [0.1, 0.15) is 52.5 Å². The quantitative estimate of drug-likeness (QED) is 0.807. The van der Waals surface area contributed by atoms with Crippen molar-refractivity contribution in [2.75, 3.05) is 18.0 Å². The lowest BCUT2D eigenvalue weighted by atomic mass is 9.82. The second-order valence-corrected chi connectivity index (χ2v) is 7.10. The van der Waals surface area contributed by atoms with E-state index in [2.05, 4.69) is 56.1 Å². The first-order valence-electron chi connectivity index (χ1n) is 8.26. The first-order valence-corrected chi connectivity index (χ1v) is 8.64. The van der Waals surface area contributed by atoms with Crippen molar-refractivity contribution in [2.24, 2.45) is 5.41 Å². The van der Waals surface area contributed by atoms with Gasteiger partial charge in [0, 0.05) is 36.4 Å². The Labute approximate surface area is 134 Å². The number of benzene rings is 1. The summed E-state index contributed by atoms with van der Waals surface area (Å²) in [6.07, 6.45) is 3.84. The zero-order chi connectivity index (χ0) is 15.5. The van der Waals surface area contributed by atoms with E-state index in [0.29, 0.717) is 11.5 Å². The Balaban J connectivity index is 2.07. The van der Waals surface area contributed by atoms with Gasteiger partial charge in [0.05, 0.1) is 0 Å². The van der Waals surface area contributed by atoms with Gasteiger partial charge < -0.3 is 10.2 Å². The van der Waals surface area contributed by atoms with Crippen LogP contribution in [0.25, 0.3) is 0 Å². The minimum atomic E-state index is 0.481. The van der Waals surface area contributed by atoms with Crippen LogP contribution < -0.4 is 10.2 Å². The molecule has 1 saturated heterocycles. The van der Waals surface area contributed by atoms with Crippen LogP contribution in [0.3, 0.4) is 0 Å². The van der Waals surface area contributed by atoms with E-state index in [-0.39, 0.29) is 0 Å². The molecular formula is C18H29ClN2. The van der Waals surface area contributed by atoms with Crippen molar-refractivity contribution in [1.82, 2.24) is 5.32 Å². The average Bonchev–Trinajstić information content (AvgIpc) is 2.91. The van der Waals surface area contributed by atoms with Crippen LogP contribution in [0.4, 0.5) is 5.69 Å². The summed E-state index contributed by atoms with van der Waals surface area (Å²) in [4.78, 5) is 2.50. The fourth-order valence-corrected chi connectivity index (χ4v) is 3.41. The van der Waals surface area contributed by atoms with Gasteiger partial charge in [-0.25, -0.2) is 0 Å². The Kier molecular flexibility index (Phi) is 5.56. The maximum Gasteiger partial charge on any atom is 0.0471 e. The highest BCUT2D eigenvalue weighted by Crippen LogP contribution is 2.39. The number of hydrogen-bond acceptors (Lipinski definition) is 2. The molecule has 1 aliphatic heterocycles. The molecule has 1 aromatic rings. The summed E-state index contributed by atoms with van der Waals surface area (Å²) in [5.41, 5.74) is 2.97. The summed E-state index contributed by atoms with van der Waals surface area (Å²) in [6.45, 7) is 12.1. The normalized spacial score (nSPS) is 17.7. The monoisotopic (exact) mass is 308 g/mol. The average molecular weight is 309 g/mol. The van der Waals surface area contributed by atoms with E-state index in [9.17, 15) is 0 Å². The van der Waals surface area contributed by atoms with E-state index in [0.717, 1.165) is 18.1 Å². The van der Waals surface area contributed by atoms with Gasteiger partial charge in [-0.2, -0.15) is 0 Å². The molecule has 0 unspecified atom stereocenters. The number of anilines is 1. The van der Waals surface area contributed by atoms with Crippen molar-refractivity contribution < 1.29 is 0 Å². The van der Waals surface area contributed by atoms with Crippen molar-refractivity contribution in [1.29, 1.82) is 0 Å². The highest BCUT2D eigenvalue weighted by atomic mass is 35.5. The van der Waals surface area contributed by atoms with Gasteiger partial charge >= 0.3 is 0 Å². The minimum Gasteiger partial charge on any atom is -0.371 e. The maximum atomic E-state index is 6.46. The molecule has 1 aliphatic rings. The molecular weight excluding hydrogens is 280 g/mol. The fourth-order valence-electron chi connectivity index (χ4n) is 3.17. The Hall–Kier alpha value is -0.730. The summed E-state index contributed by atoms with van der Waals surface area (Å²) >= 11 is 6.46. The Bertz CT molecular complexity index is 466. The van der Waals surface area contributed by atoms with Gasteiger partial charge in [-0.3, -0.25) is 0 Å². The maximum absolute atomic E-state index is 6.46. The number of halogens is 1. The second-order valence-electron chi connectivity index (χ2n) is 6.69. The zero-order valence-corrected chi connectivity index (χ0v) is 14.6. The van der Waals surface area contributed by atoms with Crippen LogP contribution in [0.15, 0.2) is 18.2 Å². The first-order chi connectivity index (χ1) is 9.99. The van der Waals surface area contributed by atoms with E-state index >= 15 is 0 Å². The number of nitrogens with zero attached hydrogens (tertiary/aromatic N) is 1. The Morgan fingerprint density at radius 3 is 2.52 bits per heavy atom. The smallest absolute Gasteiger partial charge is 0.0471 e. The molecule has 1 N–H and O–H groups in total.